The van der Waals surface area contributed by atoms with Crippen molar-refractivity contribution in [1.82, 2.24) is 19.5 Å². The summed E-state index contributed by atoms with van der Waals surface area (Å²) in [6.45, 7) is 1.21. The molecule has 4 rings (SSSR count). The molecule has 1 N–H and O–H groups in total. The van der Waals surface area contributed by atoms with Crippen LogP contribution in [0, 0.1) is 5.92 Å². The molecule has 1 aromatic heterocycles. The maximum atomic E-state index is 13.1. The van der Waals surface area contributed by atoms with Crippen molar-refractivity contribution in [1.29, 1.82) is 0 Å². The van der Waals surface area contributed by atoms with Crippen molar-refractivity contribution in [3.8, 4) is 5.75 Å². The van der Waals surface area contributed by atoms with Crippen LogP contribution >= 0.6 is 0 Å². The van der Waals surface area contributed by atoms with Crippen LogP contribution in [0.3, 0.4) is 0 Å². The normalized spacial score (nSPS) is 23.6. The van der Waals surface area contributed by atoms with Crippen LogP contribution < -0.4 is 4.74 Å². The molecular weight excluding hydrogens is 368 g/mol. The first-order valence-corrected chi connectivity index (χ1v) is 10.5. The Hall–Kier alpha value is -1.97. The van der Waals surface area contributed by atoms with E-state index in [9.17, 15) is 8.42 Å². The third-order valence-electron chi connectivity index (χ3n) is 5.28. The van der Waals surface area contributed by atoms with Crippen molar-refractivity contribution in [3.63, 3.8) is 0 Å². The Morgan fingerprint density at radius 2 is 2.07 bits per heavy atom. The van der Waals surface area contributed by atoms with Crippen LogP contribution in [0.4, 0.5) is 0 Å². The molecule has 1 saturated heterocycles. The molecule has 2 atom stereocenters. The number of methoxy groups -OCH3 is 2. The lowest BCUT2D eigenvalue weighted by Crippen LogP contribution is -2.29. The molecule has 27 heavy (non-hydrogen) atoms. The third-order valence-corrected chi connectivity index (χ3v) is 7.11. The lowest BCUT2D eigenvalue weighted by atomic mass is 9.96. The summed E-state index contributed by atoms with van der Waals surface area (Å²) >= 11 is 0. The molecule has 1 aliphatic heterocycles. The maximum absolute atomic E-state index is 13.1. The van der Waals surface area contributed by atoms with E-state index in [4.69, 9.17) is 9.47 Å². The first-order chi connectivity index (χ1) is 13.0. The number of aromatic nitrogens is 3. The number of H-pyrrole nitrogens is 1. The second-order valence-electron chi connectivity index (χ2n) is 7.18. The van der Waals surface area contributed by atoms with Crippen molar-refractivity contribution in [2.45, 2.75) is 29.6 Å². The Morgan fingerprint density at radius 3 is 2.78 bits per heavy atom. The lowest BCUT2D eigenvalue weighted by molar-refractivity contribution is 0.150. The maximum Gasteiger partial charge on any atom is 0.243 e. The van der Waals surface area contributed by atoms with E-state index in [2.05, 4.69) is 15.2 Å². The Kier molecular flexibility index (Phi) is 4.92. The van der Waals surface area contributed by atoms with Gasteiger partial charge in [-0.3, -0.25) is 5.10 Å². The molecule has 2 aromatic rings. The smallest absolute Gasteiger partial charge is 0.243 e. The summed E-state index contributed by atoms with van der Waals surface area (Å²) < 4.78 is 38.3. The second-order valence-corrected chi connectivity index (χ2v) is 9.11. The zero-order valence-corrected chi connectivity index (χ0v) is 16.3. The minimum atomic E-state index is -3.62. The number of benzene rings is 1. The van der Waals surface area contributed by atoms with Crippen molar-refractivity contribution in [2.24, 2.45) is 5.92 Å². The molecule has 2 aliphatic rings. The number of hydrogen-bond donors (Lipinski definition) is 1. The van der Waals surface area contributed by atoms with Gasteiger partial charge in [-0.2, -0.15) is 9.40 Å². The van der Waals surface area contributed by atoms with Gasteiger partial charge in [-0.25, -0.2) is 13.4 Å². The molecule has 0 bridgehead atoms. The van der Waals surface area contributed by atoms with Crippen molar-refractivity contribution < 1.29 is 17.9 Å². The minimum absolute atomic E-state index is 0.0235. The van der Waals surface area contributed by atoms with Gasteiger partial charge in [0, 0.05) is 44.0 Å². The summed E-state index contributed by atoms with van der Waals surface area (Å²) in [5, 5.41) is 7.35. The van der Waals surface area contributed by atoms with Gasteiger partial charge in [-0.05, 0) is 25.0 Å². The Morgan fingerprint density at radius 1 is 1.26 bits per heavy atom. The van der Waals surface area contributed by atoms with Crippen LogP contribution in [0.15, 0.2) is 29.2 Å². The molecule has 0 amide bonds. The fraction of sp³-hybridized carbons (Fsp3) is 0.556. The summed E-state index contributed by atoms with van der Waals surface area (Å²) in [7, 11) is -0.472. The number of hydrogen-bond acceptors (Lipinski definition) is 6. The molecule has 146 valence electrons. The van der Waals surface area contributed by atoms with E-state index in [1.807, 2.05) is 0 Å². The summed E-state index contributed by atoms with van der Waals surface area (Å²) in [5.41, 5.74) is 0. The van der Waals surface area contributed by atoms with Gasteiger partial charge in [0.2, 0.25) is 10.0 Å². The van der Waals surface area contributed by atoms with E-state index >= 15 is 0 Å². The molecule has 0 spiro atoms. The molecule has 2 fully saturated rings. The molecule has 1 aliphatic carbocycles. The van der Waals surface area contributed by atoms with Crippen LogP contribution in [0.5, 0.6) is 5.75 Å². The highest BCUT2D eigenvalue weighted by Crippen LogP contribution is 2.40. The summed E-state index contributed by atoms with van der Waals surface area (Å²) in [5.74, 6) is 2.52. The van der Waals surface area contributed by atoms with Crippen molar-refractivity contribution in [3.05, 3.63) is 35.9 Å². The van der Waals surface area contributed by atoms with E-state index in [1.165, 1.54) is 11.4 Å². The Bertz CT molecular complexity index is 910. The lowest BCUT2D eigenvalue weighted by Gasteiger charge is -2.16. The monoisotopic (exact) mass is 392 g/mol. The number of nitrogens with one attached hydrogen (secondary N) is 1. The summed E-state index contributed by atoms with van der Waals surface area (Å²) in [4.78, 5) is 4.87. The quantitative estimate of drug-likeness (QED) is 0.771. The average Bonchev–Trinajstić information content (AvgIpc) is 3.25. The van der Waals surface area contributed by atoms with Gasteiger partial charge in [0.05, 0.1) is 18.6 Å². The molecular formula is C18H24N4O4S. The second kappa shape index (κ2) is 7.21. The first kappa shape index (κ1) is 18.4. The predicted molar refractivity (Wildman–Crippen MR) is 98.2 cm³/mol. The van der Waals surface area contributed by atoms with Crippen LogP contribution in [-0.4, -0.2) is 61.8 Å². The zero-order valence-electron chi connectivity index (χ0n) is 15.5. The Balaban J connectivity index is 1.59. The first-order valence-electron chi connectivity index (χ1n) is 9.08. The third kappa shape index (κ3) is 3.59. The van der Waals surface area contributed by atoms with Gasteiger partial charge >= 0.3 is 0 Å². The van der Waals surface area contributed by atoms with Crippen LogP contribution in [0.1, 0.15) is 36.3 Å². The molecule has 2 heterocycles. The topological polar surface area (TPSA) is 97.4 Å². The van der Waals surface area contributed by atoms with Gasteiger partial charge in [0.15, 0.2) is 5.82 Å². The number of rotatable bonds is 7. The minimum Gasteiger partial charge on any atom is -0.497 e. The highest BCUT2D eigenvalue weighted by molar-refractivity contribution is 7.89. The number of ether oxygens (including phenoxy) is 2. The number of sulfonamides is 1. The zero-order chi connectivity index (χ0) is 19.0. The summed E-state index contributed by atoms with van der Waals surface area (Å²) in [6, 6.07) is 6.56. The van der Waals surface area contributed by atoms with Crippen molar-refractivity contribution >= 4 is 10.0 Å². The molecule has 0 unspecified atom stereocenters. The summed E-state index contributed by atoms with van der Waals surface area (Å²) in [6.07, 6.45) is 2.25. The molecule has 0 radical (unpaired) electrons. The van der Waals surface area contributed by atoms with Crippen LogP contribution in [0.25, 0.3) is 0 Å². The standard InChI is InChI=1S/C18H24N4O4S/c1-25-11-13-9-22(27(23,24)15-5-3-4-14(8-15)26-2)10-16(13)18-19-17(20-21-18)12-6-7-12/h3-5,8,12-13,16H,6-7,9-11H2,1-2H3,(H,19,20,21)/t13-,16+/m0/s1. The SMILES string of the molecule is COC[C@@H]1CN(S(=O)(=O)c2cccc(OC)c2)C[C@H]1c1nc(C2CC2)n[nH]1. The van der Waals surface area contributed by atoms with Crippen LogP contribution in [0.2, 0.25) is 0 Å². The number of aromatic amines is 1. The number of nitrogens with zero attached hydrogens (tertiary/aromatic N) is 3. The van der Waals surface area contributed by atoms with Gasteiger partial charge in [0.25, 0.3) is 0 Å². The predicted octanol–water partition coefficient (Wildman–Crippen LogP) is 1.74. The van der Waals surface area contributed by atoms with E-state index < -0.39 is 10.0 Å². The Labute approximate surface area is 158 Å². The van der Waals surface area contributed by atoms with E-state index in [-0.39, 0.29) is 16.7 Å². The van der Waals surface area contributed by atoms with Gasteiger partial charge in [-0.1, -0.05) is 6.07 Å². The van der Waals surface area contributed by atoms with Gasteiger partial charge in [-0.15, -0.1) is 0 Å². The van der Waals surface area contributed by atoms with E-state index in [1.54, 1.807) is 31.4 Å². The van der Waals surface area contributed by atoms with Gasteiger partial charge in [0.1, 0.15) is 11.6 Å². The fourth-order valence-electron chi connectivity index (χ4n) is 3.61. The van der Waals surface area contributed by atoms with Crippen LogP contribution in [-0.2, 0) is 14.8 Å². The molecule has 1 saturated carbocycles. The van der Waals surface area contributed by atoms with E-state index in [0.717, 1.165) is 24.5 Å². The molecule has 8 nitrogen and oxygen atoms in total. The van der Waals surface area contributed by atoms with E-state index in [0.29, 0.717) is 31.4 Å². The fourth-order valence-corrected chi connectivity index (χ4v) is 5.17. The highest BCUT2D eigenvalue weighted by Gasteiger charge is 2.42. The van der Waals surface area contributed by atoms with Crippen molar-refractivity contribution in [2.75, 3.05) is 33.9 Å². The average molecular weight is 392 g/mol. The van der Waals surface area contributed by atoms with Gasteiger partial charge < -0.3 is 9.47 Å². The highest BCUT2D eigenvalue weighted by atomic mass is 32.2. The molecule has 9 heteroatoms. The molecule has 1 aromatic carbocycles. The largest absolute Gasteiger partial charge is 0.497 e.